The highest BCUT2D eigenvalue weighted by Gasteiger charge is 2.32. The van der Waals surface area contributed by atoms with Crippen LogP contribution in [0.5, 0.6) is 0 Å². The van der Waals surface area contributed by atoms with Crippen molar-refractivity contribution in [3.05, 3.63) is 0 Å². The van der Waals surface area contributed by atoms with Crippen LogP contribution in [0.15, 0.2) is 0 Å². The number of ether oxygens (including phenoxy) is 1. The first-order valence-corrected chi connectivity index (χ1v) is 4.83. The number of carbonyl (C=O) groups is 2. The Kier molecular flexibility index (Phi) is 5.28. The molecule has 0 aliphatic rings. The standard InChI is InChI=1S/C10H19NO4/c1-7(2)10(3,5-9(13)14)11-8(12)6-15-4/h7H,5-6H2,1-4H3,(H,11,12)(H,13,14). The Bertz CT molecular complexity index is 240. The Hall–Kier alpha value is -1.10. The molecular weight excluding hydrogens is 198 g/mol. The predicted molar refractivity (Wildman–Crippen MR) is 55.5 cm³/mol. The Labute approximate surface area is 89.8 Å². The highest BCUT2D eigenvalue weighted by atomic mass is 16.5. The molecule has 15 heavy (non-hydrogen) atoms. The molecule has 0 aliphatic heterocycles. The van der Waals surface area contributed by atoms with Crippen molar-refractivity contribution in [3.8, 4) is 0 Å². The topological polar surface area (TPSA) is 75.6 Å². The molecule has 1 unspecified atom stereocenters. The molecule has 5 nitrogen and oxygen atoms in total. The normalized spacial score (nSPS) is 14.7. The lowest BCUT2D eigenvalue weighted by atomic mass is 9.85. The van der Waals surface area contributed by atoms with Crippen LogP contribution in [-0.4, -0.2) is 36.2 Å². The van der Waals surface area contributed by atoms with Crippen LogP contribution in [-0.2, 0) is 14.3 Å². The fourth-order valence-electron chi connectivity index (χ4n) is 1.19. The molecule has 0 aromatic heterocycles. The number of carboxylic acids is 1. The Morgan fingerprint density at radius 3 is 2.33 bits per heavy atom. The number of methoxy groups -OCH3 is 1. The van der Waals surface area contributed by atoms with E-state index >= 15 is 0 Å². The van der Waals surface area contributed by atoms with Crippen LogP contribution in [0, 0.1) is 5.92 Å². The molecule has 0 bridgehead atoms. The van der Waals surface area contributed by atoms with Crippen LogP contribution in [0.2, 0.25) is 0 Å². The van der Waals surface area contributed by atoms with Gasteiger partial charge in [0.1, 0.15) is 6.61 Å². The van der Waals surface area contributed by atoms with Gasteiger partial charge in [-0.25, -0.2) is 0 Å². The molecule has 2 N–H and O–H groups in total. The summed E-state index contributed by atoms with van der Waals surface area (Å²) in [5, 5.41) is 11.4. The molecule has 0 aromatic rings. The van der Waals surface area contributed by atoms with Gasteiger partial charge in [-0.05, 0) is 12.8 Å². The lowest BCUT2D eigenvalue weighted by molar-refractivity contribution is -0.139. The second-order valence-electron chi connectivity index (χ2n) is 4.12. The number of carbonyl (C=O) groups excluding carboxylic acids is 1. The van der Waals surface area contributed by atoms with Crippen molar-refractivity contribution in [2.45, 2.75) is 32.7 Å². The van der Waals surface area contributed by atoms with E-state index in [1.165, 1.54) is 7.11 Å². The van der Waals surface area contributed by atoms with Crippen molar-refractivity contribution in [3.63, 3.8) is 0 Å². The molecule has 0 spiro atoms. The van der Waals surface area contributed by atoms with Crippen molar-refractivity contribution >= 4 is 11.9 Å². The molecule has 5 heteroatoms. The fraction of sp³-hybridized carbons (Fsp3) is 0.800. The molecule has 88 valence electrons. The number of hydrogen-bond acceptors (Lipinski definition) is 3. The third kappa shape index (κ3) is 4.78. The van der Waals surface area contributed by atoms with Crippen LogP contribution in [0.1, 0.15) is 27.2 Å². The first kappa shape index (κ1) is 13.9. The van der Waals surface area contributed by atoms with Gasteiger partial charge in [-0.1, -0.05) is 13.8 Å². The van der Waals surface area contributed by atoms with Crippen molar-refractivity contribution < 1.29 is 19.4 Å². The van der Waals surface area contributed by atoms with Gasteiger partial charge in [-0.15, -0.1) is 0 Å². The average Bonchev–Trinajstić information content (AvgIpc) is 2.01. The van der Waals surface area contributed by atoms with E-state index in [0.29, 0.717) is 0 Å². The number of amides is 1. The number of carboxylic acid groups (broad SMARTS) is 1. The summed E-state index contributed by atoms with van der Waals surface area (Å²) in [5.74, 6) is -1.19. The minimum Gasteiger partial charge on any atom is -0.481 e. The largest absolute Gasteiger partial charge is 0.481 e. The van der Waals surface area contributed by atoms with Crippen LogP contribution < -0.4 is 5.32 Å². The maximum Gasteiger partial charge on any atom is 0.305 e. The van der Waals surface area contributed by atoms with Crippen LogP contribution in [0.25, 0.3) is 0 Å². The minimum absolute atomic E-state index is 0.0365. The molecule has 0 saturated heterocycles. The Morgan fingerprint density at radius 1 is 1.47 bits per heavy atom. The van der Waals surface area contributed by atoms with E-state index in [1.54, 1.807) is 6.92 Å². The zero-order valence-electron chi connectivity index (χ0n) is 9.66. The lowest BCUT2D eigenvalue weighted by Crippen LogP contribution is -2.52. The first-order valence-electron chi connectivity index (χ1n) is 4.83. The predicted octanol–water partition coefficient (Wildman–Crippen LogP) is 0.638. The van der Waals surface area contributed by atoms with Gasteiger partial charge in [-0.3, -0.25) is 9.59 Å². The maximum atomic E-state index is 11.3. The molecule has 0 heterocycles. The van der Waals surface area contributed by atoms with Crippen molar-refractivity contribution in [1.29, 1.82) is 0 Å². The third-order valence-corrected chi connectivity index (χ3v) is 2.49. The lowest BCUT2D eigenvalue weighted by Gasteiger charge is -2.33. The molecule has 0 saturated carbocycles. The van der Waals surface area contributed by atoms with Crippen LogP contribution in [0.4, 0.5) is 0 Å². The zero-order chi connectivity index (χ0) is 12.1. The highest BCUT2D eigenvalue weighted by molar-refractivity contribution is 5.79. The molecule has 1 amide bonds. The SMILES string of the molecule is COCC(=O)NC(C)(CC(=O)O)C(C)C. The van der Waals surface area contributed by atoms with Crippen molar-refractivity contribution in [2.75, 3.05) is 13.7 Å². The van der Waals surface area contributed by atoms with Gasteiger partial charge in [0, 0.05) is 7.11 Å². The van der Waals surface area contributed by atoms with E-state index in [-0.39, 0.29) is 24.9 Å². The monoisotopic (exact) mass is 217 g/mol. The van der Waals surface area contributed by atoms with Crippen LogP contribution in [0.3, 0.4) is 0 Å². The molecular formula is C10H19NO4. The van der Waals surface area contributed by atoms with Gasteiger partial charge in [0.25, 0.3) is 0 Å². The second kappa shape index (κ2) is 5.70. The summed E-state index contributed by atoms with van der Waals surface area (Å²) in [5.41, 5.74) is -0.735. The van der Waals surface area contributed by atoms with Gasteiger partial charge in [0.15, 0.2) is 0 Å². The van der Waals surface area contributed by atoms with E-state index in [2.05, 4.69) is 10.1 Å². The third-order valence-electron chi connectivity index (χ3n) is 2.49. The van der Waals surface area contributed by atoms with Crippen molar-refractivity contribution in [2.24, 2.45) is 5.92 Å². The second-order valence-corrected chi connectivity index (χ2v) is 4.12. The molecule has 1 atom stereocenters. The zero-order valence-corrected chi connectivity index (χ0v) is 9.66. The summed E-state index contributed by atoms with van der Waals surface area (Å²) in [6, 6.07) is 0. The summed E-state index contributed by atoms with van der Waals surface area (Å²) >= 11 is 0. The van der Waals surface area contributed by atoms with E-state index < -0.39 is 11.5 Å². The van der Waals surface area contributed by atoms with Gasteiger partial charge in [0.05, 0.1) is 12.0 Å². The summed E-state index contributed by atoms with van der Waals surface area (Å²) in [6.45, 7) is 5.41. The van der Waals surface area contributed by atoms with Crippen LogP contribution >= 0.6 is 0 Å². The quantitative estimate of drug-likeness (QED) is 0.684. The van der Waals surface area contributed by atoms with E-state index in [4.69, 9.17) is 5.11 Å². The van der Waals surface area contributed by atoms with Crippen molar-refractivity contribution in [1.82, 2.24) is 5.32 Å². The highest BCUT2D eigenvalue weighted by Crippen LogP contribution is 2.20. The number of aliphatic carboxylic acids is 1. The summed E-state index contributed by atoms with van der Waals surface area (Å²) in [6.07, 6.45) is -0.0971. The first-order chi connectivity index (χ1) is 6.81. The van der Waals surface area contributed by atoms with Gasteiger partial charge in [0.2, 0.25) is 5.91 Å². The minimum atomic E-state index is -0.927. The van der Waals surface area contributed by atoms with Gasteiger partial charge in [-0.2, -0.15) is 0 Å². The number of hydrogen-bond donors (Lipinski definition) is 2. The summed E-state index contributed by atoms with van der Waals surface area (Å²) in [7, 11) is 1.42. The van der Waals surface area contributed by atoms with Gasteiger partial charge >= 0.3 is 5.97 Å². The summed E-state index contributed by atoms with van der Waals surface area (Å²) in [4.78, 5) is 22.0. The average molecular weight is 217 g/mol. The molecule has 0 radical (unpaired) electrons. The van der Waals surface area contributed by atoms with E-state index in [9.17, 15) is 9.59 Å². The number of rotatable bonds is 6. The van der Waals surface area contributed by atoms with E-state index in [0.717, 1.165) is 0 Å². The molecule has 0 rings (SSSR count). The molecule has 0 aliphatic carbocycles. The Morgan fingerprint density at radius 2 is 2.00 bits per heavy atom. The molecule has 0 fully saturated rings. The maximum absolute atomic E-state index is 11.3. The van der Waals surface area contributed by atoms with E-state index in [1.807, 2.05) is 13.8 Å². The smallest absolute Gasteiger partial charge is 0.305 e. The summed E-state index contributed by atoms with van der Waals surface area (Å²) < 4.78 is 4.67. The number of nitrogens with one attached hydrogen (secondary N) is 1. The Balaban J connectivity index is 4.51. The fourth-order valence-corrected chi connectivity index (χ4v) is 1.19. The van der Waals surface area contributed by atoms with Gasteiger partial charge < -0.3 is 15.2 Å². The molecule has 0 aromatic carbocycles.